The number of phenols is 2. The number of carbonyl (C=O) groups is 1. The Labute approximate surface area is 188 Å². The third-order valence-corrected chi connectivity index (χ3v) is 5.88. The molecule has 0 spiro atoms. The Balaban J connectivity index is 3.06. The first-order valence-corrected chi connectivity index (χ1v) is 12.4. The molecule has 0 radical (unpaired) electrons. The van der Waals surface area contributed by atoms with Crippen LogP contribution in [0.3, 0.4) is 0 Å². The molecule has 5 nitrogen and oxygen atoms in total. The van der Waals surface area contributed by atoms with Gasteiger partial charge in [0.05, 0.1) is 6.61 Å². The number of carboxylic acids is 1. The number of aromatic carboxylic acids is 1. The number of rotatable bonds is 18. The van der Waals surface area contributed by atoms with E-state index in [0.717, 1.165) is 63.4 Å². The third kappa shape index (κ3) is 9.00. The molecule has 3 N–H and O–H groups in total. The highest BCUT2D eigenvalue weighted by molar-refractivity contribution is 5.96. The second kappa shape index (κ2) is 15.8. The van der Waals surface area contributed by atoms with Gasteiger partial charge in [-0.3, -0.25) is 0 Å². The van der Waals surface area contributed by atoms with Crippen LogP contribution in [0.4, 0.5) is 0 Å². The van der Waals surface area contributed by atoms with Crippen LogP contribution in [0.5, 0.6) is 17.2 Å². The summed E-state index contributed by atoms with van der Waals surface area (Å²) in [5.74, 6) is -1.85. The van der Waals surface area contributed by atoms with Gasteiger partial charge in [-0.15, -0.1) is 0 Å². The van der Waals surface area contributed by atoms with Gasteiger partial charge in [-0.2, -0.15) is 0 Å². The molecule has 1 aromatic carbocycles. The lowest BCUT2D eigenvalue weighted by molar-refractivity contribution is 0.0687. The minimum Gasteiger partial charge on any atom is -0.504 e. The van der Waals surface area contributed by atoms with E-state index in [1.807, 2.05) is 0 Å². The Morgan fingerprint density at radius 1 is 0.677 bits per heavy atom. The van der Waals surface area contributed by atoms with E-state index < -0.39 is 11.7 Å². The standard InChI is InChI=1S/C26H44O5/c1-4-7-10-11-12-13-16-19-31-25-21(18-15-9-6-3)20(17-14-8-5-2)23(27)24(28)22(25)26(29)30/h27-28H,4-19H2,1-3H3,(H,29,30). The molecule has 1 rings (SSSR count). The van der Waals surface area contributed by atoms with Crippen molar-refractivity contribution in [2.75, 3.05) is 6.61 Å². The molecule has 0 saturated carbocycles. The van der Waals surface area contributed by atoms with E-state index in [-0.39, 0.29) is 17.1 Å². The van der Waals surface area contributed by atoms with Crippen LogP contribution in [0.2, 0.25) is 0 Å². The first-order chi connectivity index (χ1) is 15.0. The fraction of sp³-hybridized carbons (Fsp3) is 0.731. The summed E-state index contributed by atoms with van der Waals surface area (Å²) in [5.41, 5.74) is 1.12. The predicted molar refractivity (Wildman–Crippen MR) is 127 cm³/mol. The van der Waals surface area contributed by atoms with Crippen molar-refractivity contribution < 1.29 is 24.9 Å². The zero-order valence-electron chi connectivity index (χ0n) is 20.0. The van der Waals surface area contributed by atoms with Crippen molar-refractivity contribution in [1.82, 2.24) is 0 Å². The molecular formula is C26H44O5. The van der Waals surface area contributed by atoms with Gasteiger partial charge in [-0.1, -0.05) is 85.0 Å². The van der Waals surface area contributed by atoms with E-state index in [9.17, 15) is 20.1 Å². The van der Waals surface area contributed by atoms with Crippen LogP contribution in [0.25, 0.3) is 0 Å². The first kappa shape index (κ1) is 27.1. The molecule has 31 heavy (non-hydrogen) atoms. The van der Waals surface area contributed by atoms with Crippen molar-refractivity contribution >= 4 is 5.97 Å². The number of ether oxygens (including phenoxy) is 1. The van der Waals surface area contributed by atoms with E-state index in [1.54, 1.807) is 0 Å². The molecule has 0 aliphatic carbocycles. The minimum absolute atomic E-state index is 0.261. The van der Waals surface area contributed by atoms with Crippen molar-refractivity contribution in [2.24, 2.45) is 0 Å². The zero-order chi connectivity index (χ0) is 23.1. The number of hydrogen-bond donors (Lipinski definition) is 3. The highest BCUT2D eigenvalue weighted by atomic mass is 16.5. The quantitative estimate of drug-likeness (QED) is 0.165. The van der Waals surface area contributed by atoms with E-state index in [1.165, 1.54) is 25.7 Å². The number of carboxylic acid groups (broad SMARTS) is 1. The number of unbranched alkanes of at least 4 members (excludes halogenated alkanes) is 10. The van der Waals surface area contributed by atoms with E-state index in [2.05, 4.69) is 20.8 Å². The van der Waals surface area contributed by atoms with E-state index in [4.69, 9.17) is 4.74 Å². The van der Waals surface area contributed by atoms with Crippen molar-refractivity contribution in [3.05, 3.63) is 16.7 Å². The van der Waals surface area contributed by atoms with Crippen LogP contribution in [0, 0.1) is 0 Å². The van der Waals surface area contributed by atoms with Gasteiger partial charge in [0, 0.05) is 11.1 Å². The Hall–Kier alpha value is -1.91. The van der Waals surface area contributed by atoms with Crippen molar-refractivity contribution in [1.29, 1.82) is 0 Å². The molecule has 0 bridgehead atoms. The topological polar surface area (TPSA) is 87.0 Å². The highest BCUT2D eigenvalue weighted by Gasteiger charge is 2.28. The lowest BCUT2D eigenvalue weighted by Gasteiger charge is -2.21. The second-order valence-corrected chi connectivity index (χ2v) is 8.55. The molecule has 178 valence electrons. The molecule has 0 aromatic heterocycles. The minimum atomic E-state index is -1.26. The maximum atomic E-state index is 11.9. The summed E-state index contributed by atoms with van der Waals surface area (Å²) >= 11 is 0. The maximum absolute atomic E-state index is 11.9. The molecule has 5 heteroatoms. The van der Waals surface area contributed by atoms with Crippen LogP contribution in [-0.4, -0.2) is 27.9 Å². The van der Waals surface area contributed by atoms with Gasteiger partial charge < -0.3 is 20.1 Å². The van der Waals surface area contributed by atoms with Crippen molar-refractivity contribution in [3.8, 4) is 17.2 Å². The molecule has 0 aliphatic heterocycles. The maximum Gasteiger partial charge on any atom is 0.343 e. The number of phenolic OH excluding ortho intramolecular Hbond substituents is 1. The van der Waals surface area contributed by atoms with Crippen LogP contribution < -0.4 is 4.74 Å². The summed E-state index contributed by atoms with van der Waals surface area (Å²) in [6, 6.07) is 0. The first-order valence-electron chi connectivity index (χ1n) is 12.4. The van der Waals surface area contributed by atoms with Gasteiger partial charge in [0.15, 0.2) is 11.5 Å². The van der Waals surface area contributed by atoms with Gasteiger partial charge >= 0.3 is 5.97 Å². The monoisotopic (exact) mass is 436 g/mol. The normalized spacial score (nSPS) is 11.1. The number of aromatic hydroxyl groups is 2. The third-order valence-electron chi connectivity index (χ3n) is 5.88. The number of benzene rings is 1. The van der Waals surface area contributed by atoms with Crippen LogP contribution in [0.15, 0.2) is 0 Å². The average Bonchev–Trinajstić information content (AvgIpc) is 2.74. The Bertz CT molecular complexity index is 654. The van der Waals surface area contributed by atoms with Gasteiger partial charge in [0.1, 0.15) is 11.3 Å². The molecule has 0 heterocycles. The fourth-order valence-corrected chi connectivity index (χ4v) is 4.03. The molecule has 0 unspecified atom stereocenters. The Morgan fingerprint density at radius 2 is 1.16 bits per heavy atom. The Morgan fingerprint density at radius 3 is 1.71 bits per heavy atom. The summed E-state index contributed by atoms with van der Waals surface area (Å²) in [4.78, 5) is 11.9. The summed E-state index contributed by atoms with van der Waals surface area (Å²) in [6.07, 6.45) is 15.2. The predicted octanol–water partition coefficient (Wildman–Crippen LogP) is 7.39. The Kier molecular flexibility index (Phi) is 13.8. The average molecular weight is 437 g/mol. The van der Waals surface area contributed by atoms with Gasteiger partial charge in [-0.25, -0.2) is 4.79 Å². The van der Waals surface area contributed by atoms with E-state index >= 15 is 0 Å². The second-order valence-electron chi connectivity index (χ2n) is 8.55. The number of hydrogen-bond acceptors (Lipinski definition) is 4. The molecule has 0 atom stereocenters. The lowest BCUT2D eigenvalue weighted by atomic mass is 9.92. The largest absolute Gasteiger partial charge is 0.504 e. The molecule has 0 amide bonds. The van der Waals surface area contributed by atoms with Crippen LogP contribution >= 0.6 is 0 Å². The highest BCUT2D eigenvalue weighted by Crippen LogP contribution is 2.44. The van der Waals surface area contributed by atoms with Crippen molar-refractivity contribution in [2.45, 2.75) is 117 Å². The van der Waals surface area contributed by atoms with Gasteiger partial charge in [0.25, 0.3) is 0 Å². The smallest absolute Gasteiger partial charge is 0.343 e. The zero-order valence-corrected chi connectivity index (χ0v) is 20.0. The van der Waals surface area contributed by atoms with Crippen LogP contribution in [0.1, 0.15) is 126 Å². The fourth-order valence-electron chi connectivity index (χ4n) is 4.03. The molecule has 0 saturated heterocycles. The van der Waals surface area contributed by atoms with Crippen LogP contribution in [-0.2, 0) is 12.8 Å². The van der Waals surface area contributed by atoms with E-state index in [0.29, 0.717) is 25.0 Å². The molecule has 1 aromatic rings. The molecule has 0 aliphatic rings. The summed E-state index contributed by atoms with van der Waals surface area (Å²) in [6.45, 7) is 6.86. The SMILES string of the molecule is CCCCCCCCCOc1c(CCCCC)c(CCCCC)c(O)c(O)c1C(=O)O. The van der Waals surface area contributed by atoms with Gasteiger partial charge in [0.2, 0.25) is 0 Å². The molecular weight excluding hydrogens is 392 g/mol. The lowest BCUT2D eigenvalue weighted by Crippen LogP contribution is -2.11. The molecule has 0 fully saturated rings. The summed E-state index contributed by atoms with van der Waals surface area (Å²) < 4.78 is 6.02. The van der Waals surface area contributed by atoms with Gasteiger partial charge in [-0.05, 0) is 32.1 Å². The summed E-state index contributed by atoms with van der Waals surface area (Å²) in [5, 5.41) is 30.9. The summed E-state index contributed by atoms with van der Waals surface area (Å²) in [7, 11) is 0. The van der Waals surface area contributed by atoms with Crippen molar-refractivity contribution in [3.63, 3.8) is 0 Å².